The van der Waals surface area contributed by atoms with Crippen LogP contribution in [0.4, 0.5) is 10.1 Å². The van der Waals surface area contributed by atoms with Gasteiger partial charge in [0, 0.05) is 11.6 Å². The summed E-state index contributed by atoms with van der Waals surface area (Å²) >= 11 is 0. The molecule has 1 aromatic heterocycles. The van der Waals surface area contributed by atoms with Crippen LogP contribution in [-0.2, 0) is 0 Å². The molecule has 1 aromatic carbocycles. The van der Waals surface area contributed by atoms with Crippen molar-refractivity contribution in [3.05, 3.63) is 30.5 Å². The number of fused-ring (bicyclic) bond motifs is 1. The van der Waals surface area contributed by atoms with E-state index in [0.717, 1.165) is 5.39 Å². The highest BCUT2D eigenvalue weighted by molar-refractivity contribution is 5.80. The molecule has 0 amide bonds. The first-order valence-electron chi connectivity index (χ1n) is 3.68. The topological polar surface area (TPSA) is 63.8 Å². The fourth-order valence-corrected chi connectivity index (χ4v) is 1.09. The van der Waals surface area contributed by atoms with Crippen molar-refractivity contribution in [2.45, 2.75) is 0 Å². The maximum Gasteiger partial charge on any atom is 0.309 e. The van der Waals surface area contributed by atoms with Crippen LogP contribution in [0.5, 0.6) is 0 Å². The second kappa shape index (κ2) is 2.95. The molecular formula is C8H7FN4. The Morgan fingerprint density at radius 3 is 3.00 bits per heavy atom. The number of nitrogen functional groups attached to an aromatic ring is 1. The van der Waals surface area contributed by atoms with Crippen molar-refractivity contribution in [2.75, 3.05) is 5.43 Å². The summed E-state index contributed by atoms with van der Waals surface area (Å²) < 4.78 is 12.6. The van der Waals surface area contributed by atoms with Gasteiger partial charge in [0.05, 0.1) is 11.2 Å². The van der Waals surface area contributed by atoms with Gasteiger partial charge in [-0.3, -0.25) is 5.84 Å². The Kier molecular flexibility index (Phi) is 1.79. The monoisotopic (exact) mass is 178 g/mol. The van der Waals surface area contributed by atoms with E-state index in [9.17, 15) is 4.39 Å². The van der Waals surface area contributed by atoms with Crippen molar-refractivity contribution in [3.63, 3.8) is 0 Å². The summed E-state index contributed by atoms with van der Waals surface area (Å²) in [4.78, 5) is 7.04. The van der Waals surface area contributed by atoms with E-state index in [1.165, 1.54) is 6.20 Å². The predicted octanol–water partition coefficient (Wildman–Crippen LogP) is 1.05. The molecule has 1 heterocycles. The van der Waals surface area contributed by atoms with E-state index < -0.39 is 6.08 Å². The first kappa shape index (κ1) is 7.88. The molecule has 13 heavy (non-hydrogen) atoms. The summed E-state index contributed by atoms with van der Waals surface area (Å²) in [6, 6.07) is 5.19. The van der Waals surface area contributed by atoms with Crippen molar-refractivity contribution in [1.82, 2.24) is 9.97 Å². The third kappa shape index (κ3) is 1.41. The average molecular weight is 178 g/mol. The molecule has 3 N–H and O–H groups in total. The van der Waals surface area contributed by atoms with Gasteiger partial charge in [0.25, 0.3) is 0 Å². The van der Waals surface area contributed by atoms with E-state index in [1.807, 2.05) is 0 Å². The fourth-order valence-electron chi connectivity index (χ4n) is 1.09. The lowest BCUT2D eigenvalue weighted by Crippen LogP contribution is -2.06. The molecule has 0 saturated heterocycles. The van der Waals surface area contributed by atoms with Crippen LogP contribution in [0, 0.1) is 6.08 Å². The number of anilines is 1. The minimum atomic E-state index is -0.735. The number of hydrogen-bond acceptors (Lipinski definition) is 4. The number of nitrogens with zero attached hydrogens (tertiary/aromatic N) is 2. The zero-order chi connectivity index (χ0) is 9.26. The molecule has 66 valence electrons. The maximum atomic E-state index is 12.6. The number of nitrogens with two attached hydrogens (primary N) is 1. The van der Waals surface area contributed by atoms with E-state index in [-0.39, 0.29) is 0 Å². The molecule has 0 spiro atoms. The Morgan fingerprint density at radius 2 is 2.23 bits per heavy atom. The van der Waals surface area contributed by atoms with Gasteiger partial charge in [-0.25, -0.2) is 9.97 Å². The van der Waals surface area contributed by atoms with Crippen LogP contribution in [0.2, 0.25) is 0 Å². The zero-order valence-corrected chi connectivity index (χ0v) is 6.66. The first-order chi connectivity index (χ1) is 6.29. The summed E-state index contributed by atoms with van der Waals surface area (Å²) in [7, 11) is 0. The minimum absolute atomic E-state index is 0.531. The van der Waals surface area contributed by atoms with Crippen molar-refractivity contribution in [1.29, 1.82) is 0 Å². The number of rotatable bonds is 1. The molecule has 2 aromatic rings. The molecule has 2 rings (SSSR count). The van der Waals surface area contributed by atoms with Crippen molar-refractivity contribution >= 4 is 16.6 Å². The van der Waals surface area contributed by atoms with Gasteiger partial charge < -0.3 is 5.43 Å². The summed E-state index contributed by atoms with van der Waals surface area (Å²) in [6.45, 7) is 0. The van der Waals surface area contributed by atoms with Crippen LogP contribution in [-0.4, -0.2) is 9.97 Å². The van der Waals surface area contributed by atoms with Gasteiger partial charge >= 0.3 is 6.08 Å². The summed E-state index contributed by atoms with van der Waals surface area (Å²) in [5.41, 5.74) is 3.67. The molecule has 0 unspecified atom stereocenters. The Labute approximate surface area is 73.6 Å². The highest BCUT2D eigenvalue weighted by Gasteiger charge is 1.98. The number of nitrogens with one attached hydrogen (secondary N) is 1. The van der Waals surface area contributed by atoms with E-state index in [2.05, 4.69) is 15.4 Å². The lowest BCUT2D eigenvalue weighted by atomic mass is 10.2. The van der Waals surface area contributed by atoms with Crippen LogP contribution in [0.3, 0.4) is 0 Å². The largest absolute Gasteiger partial charge is 0.324 e. The lowest BCUT2D eigenvalue weighted by molar-refractivity contribution is 0.544. The molecule has 5 heteroatoms. The molecule has 0 fully saturated rings. The van der Waals surface area contributed by atoms with Crippen LogP contribution >= 0.6 is 0 Å². The Bertz CT molecular complexity index is 443. The van der Waals surface area contributed by atoms with E-state index in [0.29, 0.717) is 11.2 Å². The number of hydrogen-bond donors (Lipinski definition) is 2. The van der Waals surface area contributed by atoms with Gasteiger partial charge in [0.2, 0.25) is 0 Å². The quantitative estimate of drug-likeness (QED) is 0.389. The summed E-state index contributed by atoms with van der Waals surface area (Å²) in [5.74, 6) is 5.19. The van der Waals surface area contributed by atoms with Crippen LogP contribution in [0.1, 0.15) is 0 Å². The third-order valence-corrected chi connectivity index (χ3v) is 1.72. The highest BCUT2D eigenvalue weighted by atomic mass is 19.1. The molecule has 0 radical (unpaired) electrons. The maximum absolute atomic E-state index is 12.6. The standard InChI is InChI=1S/C8H7FN4/c9-8-11-4-5-1-2-6(13-10)3-7(5)12-8/h1-4,13H,10H2. The molecule has 0 aliphatic rings. The first-order valence-corrected chi connectivity index (χ1v) is 3.68. The normalized spacial score (nSPS) is 10.3. The molecule has 4 nitrogen and oxygen atoms in total. The van der Waals surface area contributed by atoms with Gasteiger partial charge in [-0.15, -0.1) is 0 Å². The van der Waals surface area contributed by atoms with Gasteiger partial charge in [0.15, 0.2) is 0 Å². The Balaban J connectivity index is 2.68. The number of aromatic nitrogens is 2. The number of benzene rings is 1. The Morgan fingerprint density at radius 1 is 1.38 bits per heavy atom. The second-order valence-corrected chi connectivity index (χ2v) is 2.56. The summed E-state index contributed by atoms with van der Waals surface area (Å²) in [5, 5.41) is 0.778. The third-order valence-electron chi connectivity index (χ3n) is 1.72. The molecule has 0 bridgehead atoms. The fraction of sp³-hybridized carbons (Fsp3) is 0. The van der Waals surface area contributed by atoms with Crippen LogP contribution in [0.25, 0.3) is 10.9 Å². The lowest BCUT2D eigenvalue weighted by Gasteiger charge is -2.00. The van der Waals surface area contributed by atoms with Crippen molar-refractivity contribution in [2.24, 2.45) is 5.84 Å². The number of halogens is 1. The molecule has 0 aliphatic heterocycles. The predicted molar refractivity (Wildman–Crippen MR) is 47.3 cm³/mol. The van der Waals surface area contributed by atoms with Crippen molar-refractivity contribution < 1.29 is 4.39 Å². The smallest absolute Gasteiger partial charge is 0.309 e. The minimum Gasteiger partial charge on any atom is -0.324 e. The van der Waals surface area contributed by atoms with Crippen LogP contribution in [0.15, 0.2) is 24.4 Å². The molecule has 0 saturated carbocycles. The van der Waals surface area contributed by atoms with Gasteiger partial charge in [0.1, 0.15) is 0 Å². The van der Waals surface area contributed by atoms with E-state index >= 15 is 0 Å². The second-order valence-electron chi connectivity index (χ2n) is 2.56. The van der Waals surface area contributed by atoms with E-state index in [4.69, 9.17) is 5.84 Å². The summed E-state index contributed by atoms with van der Waals surface area (Å²) in [6.07, 6.45) is 0.694. The highest BCUT2D eigenvalue weighted by Crippen LogP contribution is 2.15. The average Bonchev–Trinajstić information content (AvgIpc) is 2.16. The molecule has 0 atom stereocenters. The molecule has 0 aliphatic carbocycles. The Hall–Kier alpha value is -1.75. The van der Waals surface area contributed by atoms with Crippen LogP contribution < -0.4 is 11.3 Å². The van der Waals surface area contributed by atoms with Gasteiger partial charge in [-0.1, -0.05) is 0 Å². The van der Waals surface area contributed by atoms with Crippen molar-refractivity contribution in [3.8, 4) is 0 Å². The zero-order valence-electron chi connectivity index (χ0n) is 6.66. The van der Waals surface area contributed by atoms with Gasteiger partial charge in [-0.05, 0) is 18.2 Å². The molecular weight excluding hydrogens is 171 g/mol. The SMILES string of the molecule is NNc1ccc2cnc(F)nc2c1. The van der Waals surface area contributed by atoms with Gasteiger partial charge in [-0.2, -0.15) is 4.39 Å². The van der Waals surface area contributed by atoms with E-state index in [1.54, 1.807) is 18.2 Å². The number of hydrazine groups is 1.